The fourth-order valence-corrected chi connectivity index (χ4v) is 5.09. The fraction of sp³-hybridized carbons (Fsp3) is 0.189. The Morgan fingerprint density at radius 1 is 0.854 bits per heavy atom. The molecule has 0 aliphatic carbocycles. The van der Waals surface area contributed by atoms with E-state index in [1.165, 1.54) is 0 Å². The Kier molecular flexibility index (Phi) is 8.85. The third-order valence-corrected chi connectivity index (χ3v) is 7.66. The zero-order valence-electron chi connectivity index (χ0n) is 27.8. The molecule has 0 aliphatic heterocycles. The van der Waals surface area contributed by atoms with Gasteiger partial charge in [-0.25, -0.2) is 14.5 Å². The standard InChI is InChI=1S/C37H38N8O3/c1-23-11-13-26(14-12-23)45-33(22-32(44-45)37(2,3)4)42-36(46)41-30-15-16-31(29-10-8-7-9-28(29)30)48-34-17-18-39-35(43-34)40-25-19-24(38-5)20-27(21-25)47-6/h7-22,38H,1-6H3,(H,39,40,43)(H2,41,42,46). The predicted octanol–water partition coefficient (Wildman–Crippen LogP) is 8.65. The average molecular weight is 643 g/mol. The van der Waals surface area contributed by atoms with E-state index in [0.717, 1.165) is 39.1 Å². The van der Waals surface area contributed by atoms with E-state index in [1.807, 2.05) is 98.9 Å². The Balaban J connectivity index is 1.22. The topological polar surface area (TPSA) is 127 Å². The molecule has 6 aromatic rings. The molecular weight excluding hydrogens is 604 g/mol. The van der Waals surface area contributed by atoms with E-state index in [9.17, 15) is 4.79 Å². The number of aromatic nitrogens is 4. The minimum atomic E-state index is -0.395. The van der Waals surface area contributed by atoms with E-state index >= 15 is 0 Å². The van der Waals surface area contributed by atoms with Gasteiger partial charge in [-0.3, -0.25) is 5.32 Å². The summed E-state index contributed by atoms with van der Waals surface area (Å²) in [6.07, 6.45) is 1.62. The molecule has 2 heterocycles. The molecule has 4 N–H and O–H groups in total. The summed E-state index contributed by atoms with van der Waals surface area (Å²) in [5.41, 5.74) is 4.90. The number of nitrogens with zero attached hydrogens (tertiary/aromatic N) is 4. The number of amides is 2. The van der Waals surface area contributed by atoms with Crippen LogP contribution in [0.15, 0.2) is 97.2 Å². The Labute approximate surface area is 279 Å². The zero-order valence-corrected chi connectivity index (χ0v) is 27.8. The molecule has 0 saturated carbocycles. The van der Waals surface area contributed by atoms with Crippen molar-refractivity contribution in [3.05, 3.63) is 108 Å². The first kappa shape index (κ1) is 31.9. The monoisotopic (exact) mass is 642 g/mol. The first-order chi connectivity index (χ1) is 23.1. The number of methoxy groups -OCH3 is 1. The summed E-state index contributed by atoms with van der Waals surface area (Å²) in [6, 6.07) is 28.2. The minimum absolute atomic E-state index is 0.208. The van der Waals surface area contributed by atoms with Crippen LogP contribution in [-0.4, -0.2) is 39.9 Å². The molecule has 0 bridgehead atoms. The summed E-state index contributed by atoms with van der Waals surface area (Å²) < 4.78 is 13.4. The van der Waals surface area contributed by atoms with Crippen molar-refractivity contribution in [1.82, 2.24) is 19.7 Å². The van der Waals surface area contributed by atoms with Crippen LogP contribution in [0.3, 0.4) is 0 Å². The lowest BCUT2D eigenvalue weighted by atomic mass is 9.92. The van der Waals surface area contributed by atoms with Crippen molar-refractivity contribution in [2.24, 2.45) is 0 Å². The fourth-order valence-electron chi connectivity index (χ4n) is 5.09. The molecule has 48 heavy (non-hydrogen) atoms. The minimum Gasteiger partial charge on any atom is -0.497 e. The van der Waals surface area contributed by atoms with Gasteiger partial charge in [-0.2, -0.15) is 10.1 Å². The summed E-state index contributed by atoms with van der Waals surface area (Å²) in [4.78, 5) is 22.3. The van der Waals surface area contributed by atoms with Crippen LogP contribution in [0, 0.1) is 6.92 Å². The van der Waals surface area contributed by atoms with E-state index in [-0.39, 0.29) is 5.41 Å². The number of urea groups is 1. The van der Waals surface area contributed by atoms with Crippen molar-refractivity contribution in [3.8, 4) is 23.1 Å². The van der Waals surface area contributed by atoms with Crippen LogP contribution >= 0.6 is 0 Å². The molecule has 2 amide bonds. The molecule has 4 aromatic carbocycles. The number of ether oxygens (including phenoxy) is 2. The number of nitrogens with one attached hydrogen (secondary N) is 4. The van der Waals surface area contributed by atoms with Gasteiger partial charge in [0.2, 0.25) is 11.8 Å². The second kappa shape index (κ2) is 13.3. The maximum absolute atomic E-state index is 13.4. The summed E-state index contributed by atoms with van der Waals surface area (Å²) in [5.74, 6) is 2.55. The predicted molar refractivity (Wildman–Crippen MR) is 192 cm³/mol. The van der Waals surface area contributed by atoms with Gasteiger partial charge in [-0.15, -0.1) is 0 Å². The molecule has 0 radical (unpaired) electrons. The molecule has 11 heteroatoms. The van der Waals surface area contributed by atoms with Gasteiger partial charge < -0.3 is 25.4 Å². The smallest absolute Gasteiger partial charge is 0.324 e. The Hall–Kier alpha value is -6.10. The van der Waals surface area contributed by atoms with E-state index in [0.29, 0.717) is 34.8 Å². The molecule has 0 saturated heterocycles. The number of fused-ring (bicyclic) bond motifs is 1. The normalized spacial score (nSPS) is 11.2. The molecule has 0 atom stereocenters. The highest BCUT2D eigenvalue weighted by atomic mass is 16.5. The molecule has 0 spiro atoms. The zero-order chi connectivity index (χ0) is 33.8. The first-order valence-corrected chi connectivity index (χ1v) is 15.5. The van der Waals surface area contributed by atoms with Gasteiger partial charge in [-0.1, -0.05) is 62.7 Å². The van der Waals surface area contributed by atoms with Crippen molar-refractivity contribution < 1.29 is 14.3 Å². The lowest BCUT2D eigenvalue weighted by Gasteiger charge is -2.14. The van der Waals surface area contributed by atoms with Crippen LogP contribution in [0.1, 0.15) is 32.0 Å². The number of aryl methyl sites for hydroxylation is 1. The van der Waals surface area contributed by atoms with Gasteiger partial charge in [0.15, 0.2) is 0 Å². The van der Waals surface area contributed by atoms with Gasteiger partial charge >= 0.3 is 6.03 Å². The molecule has 0 aliphatic rings. The summed E-state index contributed by atoms with van der Waals surface area (Å²) >= 11 is 0. The molecule has 0 unspecified atom stereocenters. The van der Waals surface area contributed by atoms with Crippen molar-refractivity contribution in [1.29, 1.82) is 0 Å². The SMILES string of the molecule is CNc1cc(Nc2nccc(Oc3ccc(NC(=O)Nc4cc(C(C)(C)C)nn4-c4ccc(C)cc4)c4ccccc34)n2)cc(OC)c1. The van der Waals surface area contributed by atoms with Crippen molar-refractivity contribution in [3.63, 3.8) is 0 Å². The highest BCUT2D eigenvalue weighted by Crippen LogP contribution is 2.35. The average Bonchev–Trinajstić information content (AvgIpc) is 3.50. The molecule has 11 nitrogen and oxygen atoms in total. The van der Waals surface area contributed by atoms with Crippen molar-refractivity contribution in [2.75, 3.05) is 35.4 Å². The maximum Gasteiger partial charge on any atom is 0.324 e. The van der Waals surface area contributed by atoms with Gasteiger partial charge in [0.05, 0.1) is 24.2 Å². The second-order valence-corrected chi connectivity index (χ2v) is 12.3. The van der Waals surface area contributed by atoms with E-state index in [1.54, 1.807) is 24.1 Å². The van der Waals surface area contributed by atoms with Crippen molar-refractivity contribution in [2.45, 2.75) is 33.1 Å². The highest BCUT2D eigenvalue weighted by molar-refractivity contribution is 6.07. The number of benzene rings is 4. The molecule has 0 fully saturated rings. The molecule has 244 valence electrons. The van der Waals surface area contributed by atoms with Gasteiger partial charge in [0.25, 0.3) is 0 Å². The van der Waals surface area contributed by atoms with Gasteiger partial charge in [0.1, 0.15) is 17.3 Å². The number of hydrogen-bond acceptors (Lipinski definition) is 8. The van der Waals surface area contributed by atoms with Crippen LogP contribution in [0.25, 0.3) is 16.5 Å². The van der Waals surface area contributed by atoms with E-state index < -0.39 is 6.03 Å². The maximum atomic E-state index is 13.4. The summed E-state index contributed by atoms with van der Waals surface area (Å²) in [6.45, 7) is 8.31. The third-order valence-electron chi connectivity index (χ3n) is 7.66. The lowest BCUT2D eigenvalue weighted by Crippen LogP contribution is -2.21. The first-order valence-electron chi connectivity index (χ1n) is 15.5. The van der Waals surface area contributed by atoms with E-state index in [2.05, 4.69) is 52.0 Å². The second-order valence-electron chi connectivity index (χ2n) is 12.3. The Morgan fingerprint density at radius 3 is 2.33 bits per heavy atom. The highest BCUT2D eigenvalue weighted by Gasteiger charge is 2.22. The van der Waals surface area contributed by atoms with Crippen LogP contribution in [-0.2, 0) is 5.41 Å². The molecular formula is C37H38N8O3. The largest absolute Gasteiger partial charge is 0.497 e. The number of carbonyl (C=O) groups excluding carboxylic acids is 1. The van der Waals surface area contributed by atoms with E-state index in [4.69, 9.17) is 14.6 Å². The Morgan fingerprint density at radius 2 is 1.60 bits per heavy atom. The summed E-state index contributed by atoms with van der Waals surface area (Å²) in [5, 5.41) is 18.8. The van der Waals surface area contributed by atoms with Gasteiger partial charge in [0, 0.05) is 65.1 Å². The molecule has 6 rings (SSSR count). The van der Waals surface area contributed by atoms with Crippen molar-refractivity contribution >= 4 is 45.6 Å². The lowest BCUT2D eigenvalue weighted by molar-refractivity contribution is 0.262. The Bertz CT molecular complexity index is 2060. The van der Waals surface area contributed by atoms with Crippen LogP contribution < -0.4 is 30.7 Å². The number of anilines is 5. The number of hydrogen-bond donors (Lipinski definition) is 4. The van der Waals surface area contributed by atoms with Crippen LogP contribution in [0.5, 0.6) is 17.4 Å². The summed E-state index contributed by atoms with van der Waals surface area (Å²) in [7, 11) is 3.46. The van der Waals surface area contributed by atoms with Crippen LogP contribution in [0.4, 0.5) is 33.6 Å². The third kappa shape index (κ3) is 7.15. The number of rotatable bonds is 9. The van der Waals surface area contributed by atoms with Crippen LogP contribution in [0.2, 0.25) is 0 Å². The quantitative estimate of drug-likeness (QED) is 0.123. The van der Waals surface area contributed by atoms with Gasteiger partial charge in [-0.05, 0) is 37.3 Å². The molecule has 2 aromatic heterocycles. The number of carbonyl (C=O) groups is 1.